The highest BCUT2D eigenvalue weighted by Gasteiger charge is 2.39. The van der Waals surface area contributed by atoms with E-state index in [-0.39, 0.29) is 6.09 Å². The van der Waals surface area contributed by atoms with Crippen LogP contribution >= 0.6 is 0 Å². The van der Waals surface area contributed by atoms with Gasteiger partial charge in [-0.2, -0.15) is 0 Å². The van der Waals surface area contributed by atoms with Crippen molar-refractivity contribution in [2.45, 2.75) is 39.0 Å². The van der Waals surface area contributed by atoms with Crippen molar-refractivity contribution >= 4 is 6.09 Å². The zero-order chi connectivity index (χ0) is 12.1. The second kappa shape index (κ2) is 5.71. The maximum absolute atomic E-state index is 11.9. The Morgan fingerprint density at radius 3 is 3.06 bits per heavy atom. The summed E-state index contributed by atoms with van der Waals surface area (Å²) in [6.07, 6.45) is 5.49. The van der Waals surface area contributed by atoms with Crippen molar-refractivity contribution in [2.75, 3.05) is 32.8 Å². The number of likely N-dealkylation sites (tertiary alicyclic amines) is 1. The van der Waals surface area contributed by atoms with Crippen molar-refractivity contribution < 1.29 is 9.53 Å². The van der Waals surface area contributed by atoms with Crippen molar-refractivity contribution in [2.24, 2.45) is 5.41 Å². The standard InChI is InChI=1S/C13H24N2O2/c1-2-3-9-17-12(16)15-8-4-5-13(11-15)6-7-14-10-13/h14H,2-11H2,1H3/t13-/m1/s1. The Hall–Kier alpha value is -0.770. The minimum Gasteiger partial charge on any atom is -0.449 e. The molecule has 1 amide bonds. The lowest BCUT2D eigenvalue weighted by Crippen LogP contribution is -2.47. The lowest BCUT2D eigenvalue weighted by molar-refractivity contribution is 0.0611. The van der Waals surface area contributed by atoms with Gasteiger partial charge in [-0.1, -0.05) is 13.3 Å². The summed E-state index contributed by atoms with van der Waals surface area (Å²) in [7, 11) is 0. The number of ether oxygens (including phenoxy) is 1. The molecular formula is C13H24N2O2. The van der Waals surface area contributed by atoms with Gasteiger partial charge in [0.05, 0.1) is 6.61 Å². The van der Waals surface area contributed by atoms with Crippen molar-refractivity contribution in [3.8, 4) is 0 Å². The quantitative estimate of drug-likeness (QED) is 0.767. The highest BCUT2D eigenvalue weighted by atomic mass is 16.6. The second-order valence-corrected chi connectivity index (χ2v) is 5.42. The summed E-state index contributed by atoms with van der Waals surface area (Å²) in [4.78, 5) is 13.8. The summed E-state index contributed by atoms with van der Waals surface area (Å²) >= 11 is 0. The van der Waals surface area contributed by atoms with Crippen LogP contribution < -0.4 is 5.32 Å². The number of rotatable bonds is 3. The summed E-state index contributed by atoms with van der Waals surface area (Å²) < 4.78 is 5.29. The van der Waals surface area contributed by atoms with Crippen LogP contribution in [0.2, 0.25) is 0 Å². The van der Waals surface area contributed by atoms with E-state index in [2.05, 4.69) is 12.2 Å². The third-order valence-corrected chi connectivity index (χ3v) is 3.98. The van der Waals surface area contributed by atoms with E-state index in [1.165, 1.54) is 12.8 Å². The first-order valence-corrected chi connectivity index (χ1v) is 6.88. The molecular weight excluding hydrogens is 216 g/mol. The third-order valence-electron chi connectivity index (χ3n) is 3.98. The van der Waals surface area contributed by atoms with Crippen LogP contribution in [-0.2, 0) is 4.74 Å². The van der Waals surface area contributed by atoms with E-state index in [0.717, 1.165) is 45.4 Å². The number of carbonyl (C=O) groups is 1. The molecule has 2 aliphatic heterocycles. The van der Waals surface area contributed by atoms with E-state index in [1.54, 1.807) is 0 Å². The van der Waals surface area contributed by atoms with Gasteiger partial charge in [-0.3, -0.25) is 0 Å². The number of piperidine rings is 1. The minimum atomic E-state index is -0.107. The topological polar surface area (TPSA) is 41.6 Å². The molecule has 0 radical (unpaired) electrons. The predicted molar refractivity (Wildman–Crippen MR) is 67.0 cm³/mol. The fraction of sp³-hybridized carbons (Fsp3) is 0.923. The van der Waals surface area contributed by atoms with Gasteiger partial charge in [-0.15, -0.1) is 0 Å². The Labute approximate surface area is 104 Å². The Morgan fingerprint density at radius 2 is 2.35 bits per heavy atom. The summed E-state index contributed by atoms with van der Waals surface area (Å²) in [5.74, 6) is 0. The Bertz CT molecular complexity index is 262. The smallest absolute Gasteiger partial charge is 0.409 e. The molecule has 2 saturated heterocycles. The predicted octanol–water partition coefficient (Wildman–Crippen LogP) is 2.00. The fourth-order valence-corrected chi connectivity index (χ4v) is 2.90. The van der Waals surface area contributed by atoms with Crippen LogP contribution in [0.3, 0.4) is 0 Å². The molecule has 4 nitrogen and oxygen atoms in total. The fourth-order valence-electron chi connectivity index (χ4n) is 2.90. The largest absolute Gasteiger partial charge is 0.449 e. The average Bonchev–Trinajstić information content (AvgIpc) is 2.77. The van der Waals surface area contributed by atoms with Gasteiger partial charge in [0.2, 0.25) is 0 Å². The van der Waals surface area contributed by atoms with E-state index in [0.29, 0.717) is 12.0 Å². The van der Waals surface area contributed by atoms with Crippen LogP contribution in [0.15, 0.2) is 0 Å². The normalized spacial score (nSPS) is 28.6. The van der Waals surface area contributed by atoms with Crippen LogP contribution in [0.5, 0.6) is 0 Å². The molecule has 0 unspecified atom stereocenters. The van der Waals surface area contributed by atoms with Gasteiger partial charge in [0.15, 0.2) is 0 Å². The molecule has 0 aromatic carbocycles. The van der Waals surface area contributed by atoms with Gasteiger partial charge in [-0.25, -0.2) is 4.79 Å². The molecule has 2 fully saturated rings. The number of hydrogen-bond donors (Lipinski definition) is 1. The summed E-state index contributed by atoms with van der Waals surface area (Å²) in [5, 5.41) is 3.42. The van der Waals surface area contributed by atoms with Gasteiger partial charge in [0.1, 0.15) is 0 Å². The molecule has 0 aromatic rings. The maximum Gasteiger partial charge on any atom is 0.409 e. The zero-order valence-electron chi connectivity index (χ0n) is 10.8. The lowest BCUT2D eigenvalue weighted by Gasteiger charge is -2.39. The van der Waals surface area contributed by atoms with Gasteiger partial charge in [0.25, 0.3) is 0 Å². The van der Waals surface area contributed by atoms with E-state index in [4.69, 9.17) is 4.74 Å². The molecule has 0 bridgehead atoms. The molecule has 17 heavy (non-hydrogen) atoms. The highest BCUT2D eigenvalue weighted by Crippen LogP contribution is 2.35. The molecule has 1 spiro atoms. The van der Waals surface area contributed by atoms with Crippen molar-refractivity contribution in [3.05, 3.63) is 0 Å². The van der Waals surface area contributed by atoms with E-state index >= 15 is 0 Å². The number of nitrogens with zero attached hydrogens (tertiary/aromatic N) is 1. The van der Waals surface area contributed by atoms with Crippen molar-refractivity contribution in [1.82, 2.24) is 10.2 Å². The van der Waals surface area contributed by atoms with Crippen LogP contribution in [0, 0.1) is 5.41 Å². The van der Waals surface area contributed by atoms with Crippen LogP contribution in [0.25, 0.3) is 0 Å². The molecule has 2 heterocycles. The molecule has 1 N–H and O–H groups in total. The first kappa shape index (κ1) is 12.7. The van der Waals surface area contributed by atoms with Crippen LogP contribution in [0.1, 0.15) is 39.0 Å². The zero-order valence-corrected chi connectivity index (χ0v) is 10.8. The number of carbonyl (C=O) groups excluding carboxylic acids is 1. The highest BCUT2D eigenvalue weighted by molar-refractivity contribution is 5.67. The van der Waals surface area contributed by atoms with E-state index < -0.39 is 0 Å². The van der Waals surface area contributed by atoms with Gasteiger partial charge in [-0.05, 0) is 32.2 Å². The van der Waals surface area contributed by atoms with Gasteiger partial charge >= 0.3 is 6.09 Å². The molecule has 0 aliphatic carbocycles. The van der Waals surface area contributed by atoms with E-state index in [1.807, 2.05) is 4.90 Å². The molecule has 98 valence electrons. The number of unbranched alkanes of at least 4 members (excludes halogenated alkanes) is 1. The number of nitrogens with one attached hydrogen (secondary N) is 1. The number of amides is 1. The third kappa shape index (κ3) is 3.12. The Kier molecular flexibility index (Phi) is 4.26. The maximum atomic E-state index is 11.9. The molecule has 4 heteroatoms. The van der Waals surface area contributed by atoms with E-state index in [9.17, 15) is 4.79 Å². The molecule has 0 saturated carbocycles. The molecule has 2 rings (SSSR count). The molecule has 1 atom stereocenters. The van der Waals surface area contributed by atoms with Crippen molar-refractivity contribution in [1.29, 1.82) is 0 Å². The van der Waals surface area contributed by atoms with Crippen LogP contribution in [-0.4, -0.2) is 43.8 Å². The average molecular weight is 240 g/mol. The molecule has 0 aromatic heterocycles. The van der Waals surface area contributed by atoms with Gasteiger partial charge < -0.3 is 15.0 Å². The lowest BCUT2D eigenvalue weighted by atomic mass is 9.79. The van der Waals surface area contributed by atoms with Gasteiger partial charge in [0, 0.05) is 25.0 Å². The molecule has 2 aliphatic rings. The minimum absolute atomic E-state index is 0.107. The second-order valence-electron chi connectivity index (χ2n) is 5.42. The SMILES string of the molecule is CCCCOC(=O)N1CCC[C@]2(CCNC2)C1. The van der Waals surface area contributed by atoms with Crippen LogP contribution in [0.4, 0.5) is 4.79 Å². The summed E-state index contributed by atoms with van der Waals surface area (Å²) in [6, 6.07) is 0. The summed E-state index contributed by atoms with van der Waals surface area (Å²) in [6.45, 7) is 6.58. The first-order chi connectivity index (χ1) is 8.26. The number of hydrogen-bond acceptors (Lipinski definition) is 3. The summed E-state index contributed by atoms with van der Waals surface area (Å²) in [5.41, 5.74) is 0.335. The monoisotopic (exact) mass is 240 g/mol. The Morgan fingerprint density at radius 1 is 1.47 bits per heavy atom. The first-order valence-electron chi connectivity index (χ1n) is 6.88. The Balaban J connectivity index is 1.82. The van der Waals surface area contributed by atoms with Crippen molar-refractivity contribution in [3.63, 3.8) is 0 Å².